The molecule has 0 nitrogen and oxygen atoms in total. The first-order chi connectivity index (χ1) is 0. The molecule has 5 heteroatoms. The van der Waals surface area contributed by atoms with Crippen LogP contribution in [0.5, 0.6) is 0 Å². The second kappa shape index (κ2) is 24.5. The molecule has 0 aromatic heterocycles. The summed E-state index contributed by atoms with van der Waals surface area (Å²) in [5.41, 5.74) is 0. The van der Waals surface area contributed by atoms with Crippen molar-refractivity contribution in [3.63, 3.8) is 0 Å². The van der Waals surface area contributed by atoms with Crippen molar-refractivity contribution in [2.75, 3.05) is 0 Å². The molecular weight excluding hydrogens is 326 g/mol. The largest absolute Gasteiger partial charge is 0.316 e. The summed E-state index contributed by atoms with van der Waals surface area (Å²) in [6.45, 7) is 0. The second-order valence-electron chi connectivity index (χ2n) is 0. The van der Waals surface area contributed by atoms with E-state index in [1.54, 1.807) is 0 Å². The summed E-state index contributed by atoms with van der Waals surface area (Å²) in [6, 6.07) is 0. The fourth-order valence-electron chi connectivity index (χ4n) is 0. The van der Waals surface area contributed by atoms with Crippen LogP contribution >= 0.6 is 0 Å². The van der Waals surface area contributed by atoms with Crippen molar-refractivity contribution in [1.29, 1.82) is 0 Å². The van der Waals surface area contributed by atoms with Gasteiger partial charge in [-0.05, 0) is 0 Å². The van der Waals surface area contributed by atoms with E-state index in [0.29, 0.717) is 0 Å². The molecule has 0 rings (SSSR count). The summed E-state index contributed by atoms with van der Waals surface area (Å²) in [7, 11) is 0. The Hall–Kier alpha value is 4.00. The van der Waals surface area contributed by atoms with Crippen LogP contribution in [-0.2, 0) is 36.5 Å². The van der Waals surface area contributed by atoms with Gasteiger partial charge in [-0.3, -0.25) is 0 Å². The average molecular weight is 330 g/mol. The van der Waals surface area contributed by atoms with E-state index in [1.165, 1.54) is 0 Å². The fraction of sp³-hybridized carbons (Fsp3) is 0. The summed E-state index contributed by atoms with van der Waals surface area (Å²) in [4.78, 5) is 0. The Bertz CT molecular complexity index is 9.61. The van der Waals surface area contributed by atoms with Gasteiger partial charge in [0.05, 0.1) is 0 Å². The van der Waals surface area contributed by atoms with Gasteiger partial charge in [-0.15, -0.1) is 0 Å². The number of rotatable bonds is 0. The van der Waals surface area contributed by atoms with Gasteiger partial charge in [0.15, 0.2) is 0 Å². The standard InChI is InChI=1S/Gd.2Mg.Mn.Zn.4H. The zero-order valence-electron chi connectivity index (χ0n) is 1.44. The van der Waals surface area contributed by atoms with Crippen molar-refractivity contribution in [3.8, 4) is 0 Å². The monoisotopic (exact) mass is 329 g/mol. The molecule has 0 aliphatic heterocycles. The van der Waals surface area contributed by atoms with Crippen molar-refractivity contribution < 1.29 is 76.5 Å². The van der Waals surface area contributed by atoms with Crippen LogP contribution in [0.15, 0.2) is 0 Å². The van der Waals surface area contributed by atoms with E-state index < -0.39 is 0 Å². The number of hydrogen-bond donors (Lipinski definition) is 0. The Morgan fingerprint density at radius 1 is 0.800 bits per heavy atom. The average Bonchev–Trinajstić information content (AvgIpc) is 0. The summed E-state index contributed by atoms with van der Waals surface area (Å²) in [5, 5.41) is 0. The summed E-state index contributed by atoms with van der Waals surface area (Å²) in [5.74, 6) is 0. The molecule has 0 aromatic carbocycles. The number of hydrogen-bond acceptors (Lipinski definition) is 0. The zero-order valence-corrected chi connectivity index (χ0v) is 7.85. The van der Waals surface area contributed by atoms with Gasteiger partial charge in [0.1, 0.15) is 0 Å². The first kappa shape index (κ1) is 36.0. The van der Waals surface area contributed by atoms with Crippen LogP contribution in [0.1, 0.15) is 0 Å². The maximum absolute atomic E-state index is 0. The van der Waals surface area contributed by atoms with E-state index in [2.05, 4.69) is 0 Å². The van der Waals surface area contributed by atoms with Gasteiger partial charge < -0.3 is 0 Å². The van der Waals surface area contributed by atoms with Gasteiger partial charge in [-0.25, -0.2) is 0 Å². The minimum absolute atomic E-state index is 0. The molecular formula is H4GdMg2MnZn. The Balaban J connectivity index is 0. The summed E-state index contributed by atoms with van der Waals surface area (Å²) in [6.07, 6.45) is 0. The minimum Gasteiger partial charge on any atom is 0 e. The molecule has 0 aromatic rings. The molecule has 0 atom stereocenters. The van der Waals surface area contributed by atoms with Gasteiger partial charge in [-0.2, -0.15) is 0 Å². The normalized spacial score (nSPS) is 0. The third-order valence-electron chi connectivity index (χ3n) is 0. The third kappa shape index (κ3) is 18.0. The van der Waals surface area contributed by atoms with E-state index in [0.717, 1.165) is 0 Å². The molecule has 5 heavy (non-hydrogen) atoms. The first-order valence-corrected chi connectivity index (χ1v) is 0. The third-order valence-corrected chi connectivity index (χ3v) is 0. The quantitative estimate of drug-likeness (QED) is 0.458. The fourth-order valence-corrected chi connectivity index (χ4v) is 0. The van der Waals surface area contributed by atoms with Crippen molar-refractivity contribution in [2.24, 2.45) is 0 Å². The Morgan fingerprint density at radius 3 is 0.800 bits per heavy atom. The van der Waals surface area contributed by atoms with Crippen LogP contribution in [-0.4, -0.2) is 46.1 Å². The maximum atomic E-state index is 0. The molecule has 0 saturated carbocycles. The van der Waals surface area contributed by atoms with Crippen molar-refractivity contribution in [3.05, 3.63) is 0 Å². The second-order valence-corrected chi connectivity index (χ2v) is 0. The Labute approximate surface area is 120 Å². The van der Waals surface area contributed by atoms with Gasteiger partial charge in [-0.1, -0.05) is 0 Å². The van der Waals surface area contributed by atoms with Gasteiger partial charge in [0.2, 0.25) is 0 Å². The van der Waals surface area contributed by atoms with Crippen LogP contribution in [0, 0.1) is 39.9 Å². The smallest absolute Gasteiger partial charge is 0 e. The Morgan fingerprint density at radius 2 is 0.800 bits per heavy atom. The topological polar surface area (TPSA) is 0 Å². The molecule has 0 heterocycles. The zero-order chi connectivity index (χ0) is 0. The molecule has 0 bridgehead atoms. The molecule has 25 valence electrons. The van der Waals surface area contributed by atoms with Gasteiger partial charge in [0, 0.05) is 76.5 Å². The molecule has 0 aliphatic rings. The molecule has 0 N–H and O–H groups in total. The van der Waals surface area contributed by atoms with Crippen LogP contribution in [0.3, 0.4) is 0 Å². The molecule has 0 spiro atoms. The van der Waals surface area contributed by atoms with E-state index in [-0.39, 0.29) is 123 Å². The summed E-state index contributed by atoms with van der Waals surface area (Å²) >= 11 is 0. The van der Waals surface area contributed by atoms with E-state index in [9.17, 15) is 0 Å². The van der Waals surface area contributed by atoms with Crippen LogP contribution in [0.2, 0.25) is 0 Å². The van der Waals surface area contributed by atoms with Crippen LogP contribution in [0.4, 0.5) is 0 Å². The van der Waals surface area contributed by atoms with Gasteiger partial charge in [0.25, 0.3) is 0 Å². The molecule has 0 amide bonds. The van der Waals surface area contributed by atoms with E-state index in [1.807, 2.05) is 0 Å². The summed E-state index contributed by atoms with van der Waals surface area (Å²) < 4.78 is 0. The van der Waals surface area contributed by atoms with Crippen LogP contribution < -0.4 is 0 Å². The molecule has 0 unspecified atom stereocenters. The maximum Gasteiger partial charge on any atom is 0.316 e. The van der Waals surface area contributed by atoms with Crippen molar-refractivity contribution >= 4 is 46.1 Å². The minimum atomic E-state index is 0. The van der Waals surface area contributed by atoms with E-state index >= 15 is 0 Å². The predicted molar refractivity (Wildman–Crippen MR) is 17.1 cm³/mol. The molecule has 0 aliphatic carbocycles. The molecule has 0 saturated heterocycles. The van der Waals surface area contributed by atoms with Crippen molar-refractivity contribution in [1.82, 2.24) is 0 Å². The predicted octanol–water partition coefficient (Wildman–Crippen LogP) is -1.84. The molecule has 1 radical (unpaired) electrons. The van der Waals surface area contributed by atoms with Gasteiger partial charge >= 0.3 is 46.1 Å². The SMILES string of the molecule is [Gd].[MgH2].[MgH2].[Mn].[Zn]. The molecule has 0 fully saturated rings. The van der Waals surface area contributed by atoms with Crippen molar-refractivity contribution in [2.45, 2.75) is 0 Å². The first-order valence-electron chi connectivity index (χ1n) is 0. The van der Waals surface area contributed by atoms with Crippen LogP contribution in [0.25, 0.3) is 0 Å². The van der Waals surface area contributed by atoms with E-state index in [4.69, 9.17) is 0 Å². The Kier molecular flexibility index (Phi) is 176.